The Hall–Kier alpha value is -1.07. The number of H-pyrrole nitrogens is 1. The Labute approximate surface area is 120 Å². The minimum Gasteiger partial charge on any atom is -0.337 e. The molecule has 1 fully saturated rings. The number of carbonyl (C=O) groups is 1. The van der Waals surface area contributed by atoms with Gasteiger partial charge in [0.15, 0.2) is 0 Å². The predicted molar refractivity (Wildman–Crippen MR) is 77.8 cm³/mol. The molecule has 0 aromatic carbocycles. The molecule has 0 aliphatic carbocycles. The molecule has 1 aliphatic heterocycles. The van der Waals surface area contributed by atoms with E-state index >= 15 is 0 Å². The largest absolute Gasteiger partial charge is 0.337 e. The number of piperidine rings is 1. The third-order valence-electron chi connectivity index (χ3n) is 3.63. The molecule has 2 heterocycles. The Kier molecular flexibility index (Phi) is 6.31. The molecule has 1 aliphatic rings. The van der Waals surface area contributed by atoms with Gasteiger partial charge in [0.25, 0.3) is 5.91 Å². The first-order valence-electron chi connectivity index (χ1n) is 6.72. The van der Waals surface area contributed by atoms with Crippen LogP contribution in [0.3, 0.4) is 0 Å². The Morgan fingerprint density at radius 2 is 2.21 bits per heavy atom. The minimum absolute atomic E-state index is 0. The van der Waals surface area contributed by atoms with Gasteiger partial charge in [-0.25, -0.2) is 0 Å². The van der Waals surface area contributed by atoms with Crippen LogP contribution in [-0.2, 0) is 6.42 Å². The Morgan fingerprint density at radius 1 is 1.53 bits per heavy atom. The van der Waals surface area contributed by atoms with E-state index in [1.54, 1.807) is 0 Å². The average molecular weight is 287 g/mol. The van der Waals surface area contributed by atoms with Crippen molar-refractivity contribution in [3.63, 3.8) is 0 Å². The van der Waals surface area contributed by atoms with Gasteiger partial charge < -0.3 is 10.2 Å². The van der Waals surface area contributed by atoms with Gasteiger partial charge in [-0.3, -0.25) is 9.89 Å². The van der Waals surface area contributed by atoms with Gasteiger partial charge in [-0.05, 0) is 44.8 Å². The van der Waals surface area contributed by atoms with Crippen LogP contribution in [0.5, 0.6) is 0 Å². The number of amides is 1. The normalized spacial score (nSPS) is 16.2. The van der Waals surface area contributed by atoms with E-state index in [9.17, 15) is 4.79 Å². The molecule has 19 heavy (non-hydrogen) atoms. The van der Waals surface area contributed by atoms with Crippen LogP contribution < -0.4 is 5.32 Å². The van der Waals surface area contributed by atoms with Crippen molar-refractivity contribution in [2.24, 2.45) is 5.92 Å². The van der Waals surface area contributed by atoms with Gasteiger partial charge in [-0.15, -0.1) is 12.4 Å². The van der Waals surface area contributed by atoms with E-state index in [0.717, 1.165) is 44.6 Å². The maximum absolute atomic E-state index is 12.2. The lowest BCUT2D eigenvalue weighted by molar-refractivity contribution is 0.0685. The number of hydrogen-bond acceptors (Lipinski definition) is 3. The summed E-state index contributed by atoms with van der Waals surface area (Å²) in [6.45, 7) is 4.79. The van der Waals surface area contributed by atoms with Crippen molar-refractivity contribution >= 4 is 18.3 Å². The van der Waals surface area contributed by atoms with E-state index in [0.29, 0.717) is 11.6 Å². The van der Waals surface area contributed by atoms with Crippen molar-refractivity contribution in [2.45, 2.75) is 26.2 Å². The molecule has 2 rings (SSSR count). The second-order valence-electron chi connectivity index (χ2n) is 4.93. The van der Waals surface area contributed by atoms with E-state index in [1.807, 2.05) is 24.9 Å². The molecule has 5 nitrogen and oxygen atoms in total. The van der Waals surface area contributed by atoms with Gasteiger partial charge in [0.05, 0.1) is 0 Å². The summed E-state index contributed by atoms with van der Waals surface area (Å²) >= 11 is 0. The van der Waals surface area contributed by atoms with Gasteiger partial charge >= 0.3 is 0 Å². The lowest BCUT2D eigenvalue weighted by Crippen LogP contribution is -2.40. The molecular formula is C13H23ClN4O. The van der Waals surface area contributed by atoms with Gasteiger partial charge in [0, 0.05) is 18.8 Å². The first kappa shape index (κ1) is 16.0. The molecule has 1 aromatic heterocycles. The SMILES string of the molecule is CCc1cc(C(=O)N2CCC(CNC)CC2)n[nH]1.Cl. The van der Waals surface area contributed by atoms with Crippen LogP contribution in [0.25, 0.3) is 0 Å². The van der Waals surface area contributed by atoms with E-state index in [2.05, 4.69) is 15.5 Å². The standard InChI is InChI=1S/C13H22N4O.ClH/c1-3-11-8-12(16-15-11)13(18)17-6-4-10(5-7-17)9-14-2;/h8,10,14H,3-7,9H2,1-2H3,(H,15,16);1H. The second-order valence-corrected chi connectivity index (χ2v) is 4.93. The van der Waals surface area contributed by atoms with Crippen LogP contribution in [0, 0.1) is 5.92 Å². The van der Waals surface area contributed by atoms with Gasteiger partial charge in [0.1, 0.15) is 5.69 Å². The molecule has 0 radical (unpaired) electrons. The van der Waals surface area contributed by atoms with E-state index in [-0.39, 0.29) is 18.3 Å². The summed E-state index contributed by atoms with van der Waals surface area (Å²) in [6, 6.07) is 1.86. The highest BCUT2D eigenvalue weighted by Crippen LogP contribution is 2.18. The number of aromatic nitrogens is 2. The zero-order valence-corrected chi connectivity index (χ0v) is 12.4. The van der Waals surface area contributed by atoms with E-state index < -0.39 is 0 Å². The van der Waals surface area contributed by atoms with Crippen LogP contribution in [-0.4, -0.2) is 47.7 Å². The summed E-state index contributed by atoms with van der Waals surface area (Å²) < 4.78 is 0. The van der Waals surface area contributed by atoms with Crippen molar-refractivity contribution in [3.8, 4) is 0 Å². The summed E-state index contributed by atoms with van der Waals surface area (Å²) in [4.78, 5) is 14.1. The van der Waals surface area contributed by atoms with Crippen LogP contribution in [0.4, 0.5) is 0 Å². The molecule has 1 saturated heterocycles. The number of carbonyl (C=O) groups excluding carboxylic acids is 1. The fourth-order valence-corrected chi connectivity index (χ4v) is 2.44. The molecule has 0 bridgehead atoms. The predicted octanol–water partition coefficient (Wildman–Crippen LogP) is 1.47. The number of aromatic amines is 1. The summed E-state index contributed by atoms with van der Waals surface area (Å²) in [5.74, 6) is 0.762. The summed E-state index contributed by atoms with van der Waals surface area (Å²) in [7, 11) is 1.98. The van der Waals surface area contributed by atoms with Crippen LogP contribution in [0.1, 0.15) is 35.9 Å². The number of nitrogens with zero attached hydrogens (tertiary/aromatic N) is 2. The Balaban J connectivity index is 0.00000180. The maximum Gasteiger partial charge on any atom is 0.274 e. The fraction of sp³-hybridized carbons (Fsp3) is 0.692. The lowest BCUT2D eigenvalue weighted by Gasteiger charge is -2.31. The molecule has 0 unspecified atom stereocenters. The Morgan fingerprint density at radius 3 is 2.74 bits per heavy atom. The zero-order chi connectivity index (χ0) is 13.0. The highest BCUT2D eigenvalue weighted by molar-refractivity contribution is 5.92. The molecule has 108 valence electrons. The number of halogens is 1. The molecule has 1 amide bonds. The van der Waals surface area contributed by atoms with Gasteiger partial charge in [0.2, 0.25) is 0 Å². The van der Waals surface area contributed by atoms with Crippen LogP contribution in [0.15, 0.2) is 6.07 Å². The number of hydrogen-bond donors (Lipinski definition) is 2. The number of aryl methyl sites for hydroxylation is 1. The minimum atomic E-state index is 0. The highest BCUT2D eigenvalue weighted by Gasteiger charge is 2.24. The number of nitrogens with one attached hydrogen (secondary N) is 2. The van der Waals surface area contributed by atoms with Crippen molar-refractivity contribution < 1.29 is 4.79 Å². The van der Waals surface area contributed by atoms with E-state index in [1.165, 1.54) is 0 Å². The third-order valence-corrected chi connectivity index (χ3v) is 3.63. The first-order valence-corrected chi connectivity index (χ1v) is 6.72. The monoisotopic (exact) mass is 286 g/mol. The third kappa shape index (κ3) is 3.94. The molecule has 0 spiro atoms. The fourth-order valence-electron chi connectivity index (χ4n) is 2.44. The molecule has 0 atom stereocenters. The lowest BCUT2D eigenvalue weighted by atomic mass is 9.96. The Bertz CT molecular complexity index is 399. The van der Waals surface area contributed by atoms with Crippen molar-refractivity contribution in [2.75, 3.05) is 26.7 Å². The quantitative estimate of drug-likeness (QED) is 0.881. The number of likely N-dealkylation sites (tertiary alicyclic amines) is 1. The zero-order valence-electron chi connectivity index (χ0n) is 11.6. The second kappa shape index (κ2) is 7.50. The molecule has 2 N–H and O–H groups in total. The average Bonchev–Trinajstić information content (AvgIpc) is 2.88. The highest BCUT2D eigenvalue weighted by atomic mass is 35.5. The molecule has 0 saturated carbocycles. The summed E-state index contributed by atoms with van der Waals surface area (Å²) in [5.41, 5.74) is 1.57. The summed E-state index contributed by atoms with van der Waals surface area (Å²) in [6.07, 6.45) is 3.04. The van der Waals surface area contributed by atoms with Crippen LogP contribution in [0.2, 0.25) is 0 Å². The number of rotatable bonds is 4. The summed E-state index contributed by atoms with van der Waals surface area (Å²) in [5, 5.41) is 10.2. The smallest absolute Gasteiger partial charge is 0.274 e. The van der Waals surface area contributed by atoms with Gasteiger partial charge in [-0.2, -0.15) is 5.10 Å². The van der Waals surface area contributed by atoms with Crippen molar-refractivity contribution in [3.05, 3.63) is 17.5 Å². The van der Waals surface area contributed by atoms with Gasteiger partial charge in [-0.1, -0.05) is 6.92 Å². The topological polar surface area (TPSA) is 61.0 Å². The van der Waals surface area contributed by atoms with Crippen molar-refractivity contribution in [1.29, 1.82) is 0 Å². The molecule has 1 aromatic rings. The van der Waals surface area contributed by atoms with E-state index in [4.69, 9.17) is 0 Å². The first-order chi connectivity index (χ1) is 8.74. The van der Waals surface area contributed by atoms with Crippen LogP contribution >= 0.6 is 12.4 Å². The molecular weight excluding hydrogens is 264 g/mol. The maximum atomic E-state index is 12.2. The van der Waals surface area contributed by atoms with Crippen molar-refractivity contribution in [1.82, 2.24) is 20.4 Å². The molecule has 6 heteroatoms.